The first-order valence-electron chi connectivity index (χ1n) is 11.8. The van der Waals surface area contributed by atoms with Crippen molar-refractivity contribution < 1.29 is 14.3 Å². The molecule has 166 valence electrons. The monoisotopic (exact) mass is 431 g/mol. The topological polar surface area (TPSA) is 74.4 Å². The summed E-state index contributed by atoms with van der Waals surface area (Å²) in [6.45, 7) is 9.29. The van der Waals surface area contributed by atoms with Gasteiger partial charge < -0.3 is 19.9 Å². The molecule has 0 unspecified atom stereocenters. The van der Waals surface area contributed by atoms with Gasteiger partial charge in [0.25, 0.3) is 0 Å². The van der Waals surface area contributed by atoms with Crippen molar-refractivity contribution in [3.63, 3.8) is 0 Å². The van der Waals surface area contributed by atoms with Gasteiger partial charge in [0.1, 0.15) is 22.4 Å². The molecular weight excluding hydrogens is 402 g/mol. The molecule has 2 N–H and O–H groups in total. The van der Waals surface area contributed by atoms with Gasteiger partial charge in [-0.25, -0.2) is 0 Å². The van der Waals surface area contributed by atoms with Crippen LogP contribution in [-0.4, -0.2) is 44.9 Å². The van der Waals surface area contributed by atoms with Crippen LogP contribution in [-0.2, 0) is 21.4 Å². The molecule has 6 heteroatoms. The Balaban J connectivity index is 1.46. The van der Waals surface area contributed by atoms with Crippen LogP contribution in [0, 0.1) is 5.92 Å². The van der Waals surface area contributed by atoms with E-state index in [4.69, 9.17) is 4.74 Å². The number of nitrogens with zero attached hydrogens (tertiary/aromatic N) is 1. The number of carbonyl (C=O) groups is 2. The van der Waals surface area contributed by atoms with Crippen LogP contribution in [0.15, 0.2) is 18.2 Å². The first-order valence-corrected chi connectivity index (χ1v) is 11.8. The average molecular weight is 432 g/mol. The number of piperazine rings is 1. The maximum atomic E-state index is 13.9. The van der Waals surface area contributed by atoms with Crippen molar-refractivity contribution in [2.75, 3.05) is 6.54 Å². The first-order chi connectivity index (χ1) is 15.1. The molecule has 2 spiro atoms. The van der Waals surface area contributed by atoms with E-state index in [0.29, 0.717) is 13.0 Å². The van der Waals surface area contributed by atoms with Crippen molar-refractivity contribution in [2.24, 2.45) is 5.92 Å². The Bertz CT molecular complexity index is 1280. The summed E-state index contributed by atoms with van der Waals surface area (Å²) in [5, 5.41) is 4.41. The molecule has 2 amide bonds. The minimum atomic E-state index is -0.848. The number of hydrogen-bond acceptors (Lipinski definition) is 3. The lowest BCUT2D eigenvalue weighted by atomic mass is 9.51. The highest BCUT2D eigenvalue weighted by molar-refractivity contribution is 6.06. The summed E-state index contributed by atoms with van der Waals surface area (Å²) in [6, 6.07) is 4.16. The number of hydrogen-bond donors (Lipinski definition) is 2. The van der Waals surface area contributed by atoms with Crippen LogP contribution < -0.4 is 10.1 Å². The summed E-state index contributed by atoms with van der Waals surface area (Å²) in [6.07, 6.45) is 7.22. The molecule has 6 aliphatic rings. The fourth-order valence-corrected chi connectivity index (χ4v) is 7.56. The molecule has 4 saturated heterocycles. The zero-order chi connectivity index (χ0) is 22.3. The molecular formula is C26H29N3O3. The Labute approximate surface area is 187 Å². The molecule has 0 radical (unpaired) electrons. The van der Waals surface area contributed by atoms with Gasteiger partial charge in [0.15, 0.2) is 0 Å². The van der Waals surface area contributed by atoms with Gasteiger partial charge in [0, 0.05) is 40.9 Å². The third kappa shape index (κ3) is 1.90. The quantitative estimate of drug-likeness (QED) is 0.671. The fraction of sp³-hybridized carbons (Fsp3) is 0.538. The Morgan fingerprint density at radius 1 is 1.16 bits per heavy atom. The number of ether oxygens (including phenoxy) is 1. The van der Waals surface area contributed by atoms with Crippen molar-refractivity contribution in [2.45, 2.75) is 75.5 Å². The number of aromatic amines is 1. The van der Waals surface area contributed by atoms with E-state index in [1.54, 1.807) is 0 Å². The van der Waals surface area contributed by atoms with Gasteiger partial charge in [-0.3, -0.25) is 9.59 Å². The summed E-state index contributed by atoms with van der Waals surface area (Å²) >= 11 is 0. The molecule has 3 atom stereocenters. The number of carbonyl (C=O) groups excluding carboxylic acids is 2. The van der Waals surface area contributed by atoms with Crippen LogP contribution in [0.1, 0.15) is 63.8 Å². The highest BCUT2D eigenvalue weighted by atomic mass is 16.5. The average Bonchev–Trinajstić information content (AvgIpc) is 3.32. The van der Waals surface area contributed by atoms with E-state index in [9.17, 15) is 9.59 Å². The number of H-pyrrole nitrogens is 1. The van der Waals surface area contributed by atoms with Crippen molar-refractivity contribution in [1.82, 2.24) is 15.2 Å². The van der Waals surface area contributed by atoms with Crippen molar-refractivity contribution in [1.29, 1.82) is 0 Å². The number of amides is 2. The predicted octanol–water partition coefficient (Wildman–Crippen LogP) is 3.44. The molecule has 0 saturated carbocycles. The maximum Gasteiger partial charge on any atom is 0.249 e. The maximum absolute atomic E-state index is 13.9. The highest BCUT2D eigenvalue weighted by Gasteiger charge is 2.72. The zero-order valence-corrected chi connectivity index (χ0v) is 19.1. The van der Waals surface area contributed by atoms with E-state index in [2.05, 4.69) is 56.2 Å². The van der Waals surface area contributed by atoms with Crippen LogP contribution in [0.25, 0.3) is 17.0 Å². The molecule has 4 fully saturated rings. The van der Waals surface area contributed by atoms with E-state index < -0.39 is 11.1 Å². The van der Waals surface area contributed by atoms with Gasteiger partial charge in [0.2, 0.25) is 11.8 Å². The lowest BCUT2D eigenvalue weighted by Crippen LogP contribution is -2.84. The number of nitrogens with one attached hydrogen (secondary N) is 2. The normalized spacial score (nSPS) is 35.1. The van der Waals surface area contributed by atoms with E-state index in [-0.39, 0.29) is 28.7 Å². The second-order valence-corrected chi connectivity index (χ2v) is 11.6. The lowest BCUT2D eigenvalue weighted by Gasteiger charge is -2.64. The number of piperidine rings is 2. The van der Waals surface area contributed by atoms with Gasteiger partial charge in [0.05, 0.1) is 5.52 Å². The van der Waals surface area contributed by atoms with Gasteiger partial charge >= 0.3 is 0 Å². The minimum absolute atomic E-state index is 0.0564. The molecule has 8 rings (SSSR count). The lowest BCUT2D eigenvalue weighted by molar-refractivity contribution is -0.179. The van der Waals surface area contributed by atoms with E-state index in [1.807, 2.05) is 11.0 Å². The first kappa shape index (κ1) is 18.8. The standard InChI is InChI=1S/C26H29N3O3/c1-23(2)10-8-15-17(32-23)7-6-14-16-12-26-18(24(3,4)20(16)27-19(14)15)13-25(21(30)28-26)9-5-11-29(25)22(26)31/h6-8,10,18,27H,5,9,11-13H2,1-4H3,(H,28,30)/t18-,25+,26-/m0/s1. The smallest absolute Gasteiger partial charge is 0.249 e. The van der Waals surface area contributed by atoms with Gasteiger partial charge in [-0.1, -0.05) is 13.8 Å². The predicted molar refractivity (Wildman–Crippen MR) is 121 cm³/mol. The molecule has 2 aromatic rings. The third-order valence-corrected chi connectivity index (χ3v) is 9.09. The zero-order valence-electron chi connectivity index (χ0n) is 19.1. The molecule has 5 aliphatic heterocycles. The molecule has 1 aromatic heterocycles. The third-order valence-electron chi connectivity index (χ3n) is 9.09. The van der Waals surface area contributed by atoms with Gasteiger partial charge in [-0.15, -0.1) is 0 Å². The van der Waals surface area contributed by atoms with Crippen LogP contribution in [0.4, 0.5) is 0 Å². The molecule has 1 aliphatic carbocycles. The number of fused-ring (bicyclic) bond motifs is 6. The van der Waals surface area contributed by atoms with E-state index >= 15 is 0 Å². The van der Waals surface area contributed by atoms with Crippen molar-refractivity contribution in [3.8, 4) is 5.75 Å². The van der Waals surface area contributed by atoms with Crippen molar-refractivity contribution >= 4 is 28.8 Å². The Hall–Kier alpha value is -2.76. The van der Waals surface area contributed by atoms with E-state index in [0.717, 1.165) is 47.0 Å². The molecule has 1 aromatic carbocycles. The van der Waals surface area contributed by atoms with Crippen LogP contribution >= 0.6 is 0 Å². The number of rotatable bonds is 0. The Morgan fingerprint density at radius 3 is 2.78 bits per heavy atom. The van der Waals surface area contributed by atoms with E-state index in [1.165, 1.54) is 5.69 Å². The second-order valence-electron chi connectivity index (χ2n) is 11.6. The Kier molecular flexibility index (Phi) is 3.07. The summed E-state index contributed by atoms with van der Waals surface area (Å²) in [7, 11) is 0. The van der Waals surface area contributed by atoms with Crippen LogP contribution in [0.2, 0.25) is 0 Å². The molecule has 6 heterocycles. The van der Waals surface area contributed by atoms with Crippen LogP contribution in [0.3, 0.4) is 0 Å². The summed E-state index contributed by atoms with van der Waals surface area (Å²) in [4.78, 5) is 32.9. The van der Waals surface area contributed by atoms with Crippen molar-refractivity contribution in [3.05, 3.63) is 35.0 Å². The summed E-state index contributed by atoms with van der Waals surface area (Å²) < 4.78 is 6.21. The summed E-state index contributed by atoms with van der Waals surface area (Å²) in [5.41, 5.74) is 2.38. The van der Waals surface area contributed by atoms with Gasteiger partial charge in [-0.2, -0.15) is 0 Å². The second kappa shape index (κ2) is 5.24. The molecule has 32 heavy (non-hydrogen) atoms. The summed E-state index contributed by atoms with van der Waals surface area (Å²) in [5.74, 6) is 1.13. The van der Waals surface area contributed by atoms with Gasteiger partial charge in [-0.05, 0) is 63.0 Å². The number of aromatic nitrogens is 1. The number of benzene rings is 1. The molecule has 6 nitrogen and oxygen atoms in total. The fourth-order valence-electron chi connectivity index (χ4n) is 7.56. The molecule has 2 bridgehead atoms. The SMILES string of the molecule is CC1(C)C=Cc2c(ccc3c4c([nH]c23)C(C)(C)[C@@H]2C[C@@]35CCCN3C(=O)[C@@]2(C4)NC5=O)O1. The largest absolute Gasteiger partial charge is 0.483 e. The highest BCUT2D eigenvalue weighted by Crippen LogP contribution is 2.59. The van der Waals surface area contributed by atoms with Crippen LogP contribution in [0.5, 0.6) is 5.75 Å². The minimum Gasteiger partial charge on any atom is -0.483 e. The Morgan fingerprint density at radius 2 is 1.97 bits per heavy atom.